The van der Waals surface area contributed by atoms with Crippen LogP contribution in [0.3, 0.4) is 0 Å². The quantitative estimate of drug-likeness (QED) is 0.297. The summed E-state index contributed by atoms with van der Waals surface area (Å²) in [6.07, 6.45) is 14.8. The van der Waals surface area contributed by atoms with E-state index < -0.39 is 0 Å². The first kappa shape index (κ1) is 25.0. The summed E-state index contributed by atoms with van der Waals surface area (Å²) in [5.41, 5.74) is 13.3. The molecule has 3 aliphatic heterocycles. The van der Waals surface area contributed by atoms with Crippen LogP contribution in [0, 0.1) is 0 Å². The lowest BCUT2D eigenvalue weighted by Gasteiger charge is -2.15. The molecule has 7 rings (SSSR count). The second-order valence-electron chi connectivity index (χ2n) is 10.5. The predicted molar refractivity (Wildman–Crippen MR) is 172 cm³/mol. The lowest BCUT2D eigenvalue weighted by atomic mass is 9.90. The molecule has 0 saturated heterocycles. The molecule has 3 aliphatic rings. The molecule has 0 radical (unpaired) electrons. The molecule has 0 spiro atoms. The smallest absolute Gasteiger partial charge is 0.0722 e. The van der Waals surface area contributed by atoms with Gasteiger partial charge in [0.25, 0.3) is 0 Å². The van der Waals surface area contributed by atoms with Gasteiger partial charge in [0.05, 0.1) is 22.8 Å². The molecule has 1 N–H and O–H groups in total. The van der Waals surface area contributed by atoms with E-state index in [1.807, 2.05) is 0 Å². The monoisotopic (exact) mass is 529 g/mol. The number of hydrogen-bond donors (Lipinski definition) is 1. The molecule has 0 unspecified atom stereocenters. The zero-order valence-electron chi connectivity index (χ0n) is 23.4. The van der Waals surface area contributed by atoms with E-state index in [1.165, 1.54) is 11.1 Å². The Kier molecular flexibility index (Phi) is 6.41. The van der Waals surface area contributed by atoms with Gasteiger partial charge in [0.2, 0.25) is 0 Å². The van der Waals surface area contributed by atoms with Gasteiger partial charge in [0.1, 0.15) is 0 Å². The minimum atomic E-state index is 0.950. The molecule has 41 heavy (non-hydrogen) atoms. The van der Waals surface area contributed by atoms with Gasteiger partial charge >= 0.3 is 0 Å². The maximum atomic E-state index is 5.16. The van der Waals surface area contributed by atoms with Gasteiger partial charge in [-0.1, -0.05) is 92.7 Å². The minimum absolute atomic E-state index is 0.950. The van der Waals surface area contributed by atoms with Crippen LogP contribution in [0.5, 0.6) is 0 Å². The third-order valence-corrected chi connectivity index (χ3v) is 7.98. The van der Waals surface area contributed by atoms with Crippen molar-refractivity contribution in [3.63, 3.8) is 0 Å². The summed E-state index contributed by atoms with van der Waals surface area (Å²) in [4.78, 5) is 14.0. The van der Waals surface area contributed by atoms with Crippen molar-refractivity contribution in [1.82, 2.24) is 4.98 Å². The van der Waals surface area contributed by atoms with Crippen LogP contribution in [0.2, 0.25) is 0 Å². The Labute approximate surface area is 240 Å². The third kappa shape index (κ3) is 4.60. The summed E-state index contributed by atoms with van der Waals surface area (Å²) in [6, 6.07) is 30.0. The molecule has 0 amide bonds. The summed E-state index contributed by atoms with van der Waals surface area (Å²) in [7, 11) is 0. The molecule has 0 aliphatic carbocycles. The van der Waals surface area contributed by atoms with Gasteiger partial charge in [0.15, 0.2) is 0 Å². The molecular weight excluding hydrogens is 498 g/mol. The zero-order valence-corrected chi connectivity index (χ0v) is 23.4. The van der Waals surface area contributed by atoms with Gasteiger partial charge in [-0.25, -0.2) is 9.98 Å². The normalized spacial score (nSPS) is 15.6. The molecule has 198 valence electrons. The van der Waals surface area contributed by atoms with E-state index in [2.05, 4.69) is 140 Å². The van der Waals surface area contributed by atoms with Crippen molar-refractivity contribution < 1.29 is 0 Å². The molecule has 8 bridgehead atoms. The van der Waals surface area contributed by atoms with E-state index >= 15 is 0 Å². The zero-order chi connectivity index (χ0) is 27.8. The van der Waals surface area contributed by atoms with Crippen molar-refractivity contribution in [3.8, 4) is 0 Å². The Bertz CT molecular complexity index is 1840. The van der Waals surface area contributed by atoms with Crippen LogP contribution < -0.4 is 10.7 Å². The van der Waals surface area contributed by atoms with Crippen LogP contribution in [-0.2, 0) is 12.8 Å². The maximum Gasteiger partial charge on any atom is 0.0722 e. The molecule has 4 heterocycles. The number of nitrogens with zero attached hydrogens (tertiary/aromatic N) is 2. The van der Waals surface area contributed by atoms with Crippen LogP contribution in [0.15, 0.2) is 131 Å². The number of rotatable bonds is 4. The molecular formula is C38H31N3. The highest BCUT2D eigenvalue weighted by atomic mass is 14.8. The molecule has 1 aromatic heterocycles. The summed E-state index contributed by atoms with van der Waals surface area (Å²) in [6.45, 7) is 4.45. The Morgan fingerprint density at radius 3 is 1.39 bits per heavy atom. The van der Waals surface area contributed by atoms with Gasteiger partial charge in [0, 0.05) is 21.8 Å². The minimum Gasteiger partial charge on any atom is -0.355 e. The Hall–Kier alpha value is -5.02. The molecule has 4 aromatic rings. The van der Waals surface area contributed by atoms with E-state index in [4.69, 9.17) is 9.98 Å². The molecule has 3 aromatic carbocycles. The van der Waals surface area contributed by atoms with Crippen LogP contribution in [0.25, 0.3) is 23.3 Å². The van der Waals surface area contributed by atoms with Gasteiger partial charge in [-0.15, -0.1) is 0 Å². The van der Waals surface area contributed by atoms with E-state index in [1.54, 1.807) is 0 Å². The topological polar surface area (TPSA) is 40.5 Å². The van der Waals surface area contributed by atoms with Gasteiger partial charge < -0.3 is 4.98 Å². The van der Waals surface area contributed by atoms with Crippen LogP contribution in [0.4, 0.5) is 0 Å². The predicted octanol–water partition coefficient (Wildman–Crippen LogP) is 6.95. The molecule has 0 atom stereocenters. The highest BCUT2D eigenvalue weighted by molar-refractivity contribution is 6.21. The van der Waals surface area contributed by atoms with Crippen LogP contribution >= 0.6 is 0 Å². The van der Waals surface area contributed by atoms with Crippen LogP contribution in [-0.4, -0.2) is 16.4 Å². The Morgan fingerprint density at radius 2 is 0.951 bits per heavy atom. The van der Waals surface area contributed by atoms with Crippen molar-refractivity contribution >= 4 is 34.7 Å². The summed E-state index contributed by atoms with van der Waals surface area (Å²) in [5.74, 6) is 0. The van der Waals surface area contributed by atoms with Gasteiger partial charge in [-0.2, -0.15) is 0 Å². The number of allylic oxidation sites excluding steroid dienone is 4. The highest BCUT2D eigenvalue weighted by Crippen LogP contribution is 2.35. The molecule has 0 fully saturated rings. The summed E-state index contributed by atoms with van der Waals surface area (Å²) >= 11 is 0. The van der Waals surface area contributed by atoms with Crippen molar-refractivity contribution in [2.75, 3.05) is 0 Å². The number of aromatic amines is 1. The van der Waals surface area contributed by atoms with Crippen LogP contribution in [0.1, 0.15) is 47.2 Å². The van der Waals surface area contributed by atoms with Gasteiger partial charge in [-0.3, -0.25) is 0 Å². The second-order valence-corrected chi connectivity index (χ2v) is 10.5. The van der Waals surface area contributed by atoms with Crippen molar-refractivity contribution in [3.05, 3.63) is 165 Å². The SMILES string of the molecule is CCc1c(CC)c2[nH]c1=CC1=NC(=C(c3ccccc3)c3cccc(c3)C(c3ccccc3)=C3C=CC(=N3)C=2)C=C1. The lowest BCUT2D eigenvalue weighted by Crippen LogP contribution is -2.14. The molecule has 0 saturated carbocycles. The molecule has 3 heteroatoms. The van der Waals surface area contributed by atoms with E-state index in [9.17, 15) is 0 Å². The highest BCUT2D eigenvalue weighted by Gasteiger charge is 2.19. The maximum absolute atomic E-state index is 5.16. The first-order valence-electron chi connectivity index (χ1n) is 14.4. The van der Waals surface area contributed by atoms with E-state index in [0.29, 0.717) is 0 Å². The van der Waals surface area contributed by atoms with Crippen molar-refractivity contribution in [2.24, 2.45) is 9.98 Å². The first-order valence-corrected chi connectivity index (χ1v) is 14.4. The Morgan fingerprint density at radius 1 is 0.512 bits per heavy atom. The summed E-state index contributed by atoms with van der Waals surface area (Å²) < 4.78 is 0. The van der Waals surface area contributed by atoms with E-state index in [-0.39, 0.29) is 0 Å². The third-order valence-electron chi connectivity index (χ3n) is 7.98. The number of aliphatic imine (C=N–C) groups is 2. The first-order chi connectivity index (χ1) is 20.2. The fourth-order valence-electron chi connectivity index (χ4n) is 6.13. The number of hydrogen-bond acceptors (Lipinski definition) is 2. The number of fused-ring (bicyclic) bond motifs is 6. The average molecular weight is 530 g/mol. The fraction of sp³-hybridized carbons (Fsp3) is 0.105. The average Bonchev–Trinajstić information content (AvgIpc) is 3.74. The lowest BCUT2D eigenvalue weighted by molar-refractivity contribution is 1.04. The fourth-order valence-corrected chi connectivity index (χ4v) is 6.13. The Balaban J connectivity index is 1.59. The summed E-state index contributed by atoms with van der Waals surface area (Å²) in [5, 5.41) is 2.25. The number of nitrogens with one attached hydrogen (secondary N) is 1. The number of benzene rings is 3. The van der Waals surface area contributed by atoms with Gasteiger partial charge in [-0.05, 0) is 88.7 Å². The van der Waals surface area contributed by atoms with Crippen molar-refractivity contribution in [2.45, 2.75) is 26.7 Å². The number of aromatic nitrogens is 1. The largest absolute Gasteiger partial charge is 0.355 e. The van der Waals surface area contributed by atoms with Crippen molar-refractivity contribution in [1.29, 1.82) is 0 Å². The standard InChI is InChI=1S/C38H31N3/c1-3-31-32(4-2)36-24-30-19-21-34(40-30)38(26-14-9-6-10-15-26)28-17-11-16-27(22-28)37(25-12-7-5-8-13-25)33-20-18-29(39-33)23-35(31)41-36/h5-24,41H,3-4H2,1-2H3. The number of H-pyrrole nitrogens is 1. The molecule has 3 nitrogen and oxygen atoms in total. The second kappa shape index (κ2) is 10.5. The van der Waals surface area contributed by atoms with E-state index in [0.717, 1.165) is 79.8 Å².